The van der Waals surface area contributed by atoms with Crippen molar-refractivity contribution in [3.8, 4) is 5.88 Å². The van der Waals surface area contributed by atoms with Crippen molar-refractivity contribution in [2.24, 2.45) is 13.0 Å². The zero-order chi connectivity index (χ0) is 25.8. The lowest BCUT2D eigenvalue weighted by molar-refractivity contribution is 0.0255. The molecule has 0 radical (unpaired) electrons. The van der Waals surface area contributed by atoms with Crippen LogP contribution >= 0.6 is 11.6 Å². The van der Waals surface area contributed by atoms with Crippen LogP contribution in [0.3, 0.4) is 0 Å². The maximum absolute atomic E-state index is 14.1. The molecule has 0 bridgehead atoms. The quantitative estimate of drug-likeness (QED) is 0.393. The summed E-state index contributed by atoms with van der Waals surface area (Å²) >= 11 is 6.96. The Balaban J connectivity index is 1.69. The van der Waals surface area contributed by atoms with Gasteiger partial charge in [-0.05, 0) is 69.7 Å². The van der Waals surface area contributed by atoms with Gasteiger partial charge in [-0.1, -0.05) is 28.9 Å². The fourth-order valence-corrected chi connectivity index (χ4v) is 5.83. The molecule has 3 heterocycles. The average molecular weight is 510 g/mol. The minimum atomic E-state index is -1.59. The number of hydrogen-bond acceptors (Lipinski definition) is 6. The summed E-state index contributed by atoms with van der Waals surface area (Å²) in [4.78, 5) is 9.27. The summed E-state index contributed by atoms with van der Waals surface area (Å²) in [6, 6.07) is 9.22. The van der Waals surface area contributed by atoms with Crippen LogP contribution in [0.4, 0.5) is 4.39 Å². The molecule has 1 atom stereocenters. The van der Waals surface area contributed by atoms with Gasteiger partial charge in [0.05, 0.1) is 29.5 Å². The van der Waals surface area contributed by atoms with Crippen molar-refractivity contribution in [2.45, 2.75) is 51.3 Å². The van der Waals surface area contributed by atoms with E-state index in [0.29, 0.717) is 63.6 Å². The van der Waals surface area contributed by atoms with Gasteiger partial charge >= 0.3 is 0 Å². The molecule has 9 heteroatoms. The van der Waals surface area contributed by atoms with Crippen LogP contribution in [0.15, 0.2) is 36.5 Å². The van der Waals surface area contributed by atoms with Crippen LogP contribution in [0.5, 0.6) is 5.88 Å². The Labute approximate surface area is 214 Å². The molecule has 1 fully saturated rings. The molecule has 0 aliphatic heterocycles. The third-order valence-electron chi connectivity index (χ3n) is 7.21. The van der Waals surface area contributed by atoms with E-state index in [0.717, 1.165) is 11.3 Å². The number of alkyl halides is 1. The topological polar surface area (TPSA) is 85.9 Å². The second-order valence-electron chi connectivity index (χ2n) is 10.1. The molecule has 1 unspecified atom stereocenters. The highest BCUT2D eigenvalue weighted by Gasteiger charge is 2.42. The molecule has 1 aliphatic rings. The number of aryl methyl sites for hydroxylation is 3. The van der Waals surface area contributed by atoms with Gasteiger partial charge in [0.15, 0.2) is 5.60 Å². The zero-order valence-corrected chi connectivity index (χ0v) is 21.8. The summed E-state index contributed by atoms with van der Waals surface area (Å²) in [5.41, 5.74) is 1.90. The monoisotopic (exact) mass is 509 g/mol. The number of halogens is 2. The zero-order valence-electron chi connectivity index (χ0n) is 21.0. The molecular weight excluding hydrogens is 481 g/mol. The number of pyridine rings is 2. The maximum atomic E-state index is 14.1. The Hall–Kier alpha value is -3.10. The van der Waals surface area contributed by atoms with E-state index in [4.69, 9.17) is 16.3 Å². The summed E-state index contributed by atoms with van der Waals surface area (Å²) in [5, 5.41) is 21.6. The van der Waals surface area contributed by atoms with E-state index in [1.165, 1.54) is 0 Å². The van der Waals surface area contributed by atoms with Crippen molar-refractivity contribution in [3.63, 3.8) is 0 Å². The predicted molar refractivity (Wildman–Crippen MR) is 136 cm³/mol. The minimum absolute atomic E-state index is 0.174. The van der Waals surface area contributed by atoms with Gasteiger partial charge in [-0.25, -0.2) is 14.1 Å². The second-order valence-corrected chi connectivity index (χ2v) is 10.5. The number of benzene rings is 1. The second kappa shape index (κ2) is 8.78. The molecule has 4 aromatic rings. The predicted octanol–water partition coefficient (Wildman–Crippen LogP) is 5.00. The molecule has 1 aromatic carbocycles. The summed E-state index contributed by atoms with van der Waals surface area (Å²) in [6.07, 6.45) is 3.09. The Morgan fingerprint density at radius 3 is 2.58 bits per heavy atom. The smallest absolute Gasteiger partial charge is 0.218 e. The minimum Gasteiger partial charge on any atom is -0.481 e. The lowest BCUT2D eigenvalue weighted by Crippen LogP contribution is -2.37. The molecule has 5 rings (SSSR count). The van der Waals surface area contributed by atoms with Crippen LogP contribution in [-0.4, -0.2) is 42.8 Å². The van der Waals surface area contributed by atoms with E-state index in [2.05, 4.69) is 20.3 Å². The normalized spacial score (nSPS) is 21.3. The van der Waals surface area contributed by atoms with Crippen molar-refractivity contribution < 1.29 is 14.2 Å². The van der Waals surface area contributed by atoms with Crippen LogP contribution < -0.4 is 4.74 Å². The van der Waals surface area contributed by atoms with Gasteiger partial charge in [0.1, 0.15) is 5.67 Å². The Kier molecular flexibility index (Phi) is 6.00. The van der Waals surface area contributed by atoms with Gasteiger partial charge in [-0.3, -0.25) is 4.98 Å². The highest BCUT2D eigenvalue weighted by Crippen LogP contribution is 2.46. The first-order valence-electron chi connectivity index (χ1n) is 11.9. The standard InChI is InChI=1S/C27H29ClFN5O2/c1-15-6-8-21(16(2)31-15)27(35,23-14-30-33-34(23)4)18-7-9-22-19(11-18)24(28)20(25(32-22)36-5)10-17-12-26(3,29)13-17/h6-9,11,14,17,35H,10,12-13H2,1-5H3. The largest absolute Gasteiger partial charge is 0.481 e. The third-order valence-corrected chi connectivity index (χ3v) is 7.64. The fraction of sp³-hybridized carbons (Fsp3) is 0.407. The number of methoxy groups -OCH3 is 1. The van der Waals surface area contributed by atoms with Gasteiger partial charge in [0.25, 0.3) is 0 Å². The van der Waals surface area contributed by atoms with Crippen molar-refractivity contribution in [1.29, 1.82) is 0 Å². The highest BCUT2D eigenvalue weighted by atomic mass is 35.5. The first-order chi connectivity index (χ1) is 17.0. The lowest BCUT2D eigenvalue weighted by Gasteiger charge is -2.39. The number of hydrogen-bond donors (Lipinski definition) is 1. The molecule has 0 spiro atoms. The number of nitrogens with zero attached hydrogens (tertiary/aromatic N) is 5. The van der Waals surface area contributed by atoms with Crippen molar-refractivity contribution in [2.75, 3.05) is 7.11 Å². The summed E-state index contributed by atoms with van der Waals surface area (Å²) in [5.74, 6) is 0.616. The SMILES string of the molecule is COc1nc2ccc(C(O)(c3ccc(C)nc3C)c3cnnn3C)cc2c(Cl)c1CC1CC(C)(F)C1. The van der Waals surface area contributed by atoms with Crippen LogP contribution in [0.2, 0.25) is 5.02 Å². The summed E-state index contributed by atoms with van der Waals surface area (Å²) < 4.78 is 21.2. The molecule has 1 N–H and O–H groups in total. The van der Waals surface area contributed by atoms with E-state index in [1.54, 1.807) is 32.0 Å². The third kappa shape index (κ3) is 4.02. The van der Waals surface area contributed by atoms with Gasteiger partial charge in [0, 0.05) is 34.9 Å². The van der Waals surface area contributed by atoms with Crippen LogP contribution in [-0.2, 0) is 19.1 Å². The Morgan fingerprint density at radius 2 is 1.97 bits per heavy atom. The molecule has 0 amide bonds. The van der Waals surface area contributed by atoms with Crippen molar-refractivity contribution in [3.05, 3.63) is 75.3 Å². The lowest BCUT2D eigenvalue weighted by atomic mass is 9.71. The first-order valence-corrected chi connectivity index (χ1v) is 12.3. The van der Waals surface area contributed by atoms with Crippen LogP contribution in [0.1, 0.15) is 53.5 Å². The van der Waals surface area contributed by atoms with E-state index < -0.39 is 11.3 Å². The van der Waals surface area contributed by atoms with E-state index >= 15 is 0 Å². The molecule has 188 valence electrons. The molecule has 1 aliphatic carbocycles. The first kappa shape index (κ1) is 24.6. The number of aliphatic hydroxyl groups is 1. The number of ether oxygens (including phenoxy) is 1. The molecule has 36 heavy (non-hydrogen) atoms. The number of fused-ring (bicyclic) bond motifs is 1. The van der Waals surface area contributed by atoms with Gasteiger partial charge in [-0.2, -0.15) is 0 Å². The van der Waals surface area contributed by atoms with Crippen molar-refractivity contribution >= 4 is 22.5 Å². The average Bonchev–Trinajstić information content (AvgIpc) is 3.25. The van der Waals surface area contributed by atoms with E-state index in [-0.39, 0.29) is 5.92 Å². The van der Waals surface area contributed by atoms with Crippen molar-refractivity contribution in [1.82, 2.24) is 25.0 Å². The Morgan fingerprint density at radius 1 is 1.22 bits per heavy atom. The summed E-state index contributed by atoms with van der Waals surface area (Å²) in [6.45, 7) is 5.40. The number of aromatic nitrogens is 5. The van der Waals surface area contributed by atoms with Gasteiger partial charge < -0.3 is 9.84 Å². The Bertz CT molecular complexity index is 1460. The highest BCUT2D eigenvalue weighted by molar-refractivity contribution is 6.36. The van der Waals surface area contributed by atoms with Crippen LogP contribution in [0.25, 0.3) is 10.9 Å². The number of rotatable bonds is 6. The molecule has 0 saturated heterocycles. The molecule has 7 nitrogen and oxygen atoms in total. The molecule has 3 aromatic heterocycles. The maximum Gasteiger partial charge on any atom is 0.218 e. The molecular formula is C27H29ClFN5O2. The van der Waals surface area contributed by atoms with Gasteiger partial charge in [0.2, 0.25) is 5.88 Å². The van der Waals surface area contributed by atoms with E-state index in [1.807, 2.05) is 44.2 Å². The van der Waals surface area contributed by atoms with E-state index in [9.17, 15) is 9.50 Å². The van der Waals surface area contributed by atoms with Gasteiger partial charge in [-0.15, -0.1) is 5.10 Å². The fourth-order valence-electron chi connectivity index (χ4n) is 5.52. The summed E-state index contributed by atoms with van der Waals surface area (Å²) in [7, 11) is 3.30. The molecule has 1 saturated carbocycles. The van der Waals surface area contributed by atoms with Crippen LogP contribution in [0, 0.1) is 19.8 Å².